The summed E-state index contributed by atoms with van der Waals surface area (Å²) in [5, 5.41) is 0. The smallest absolute Gasteiger partial charge is 0.163 e. The first-order chi connectivity index (χ1) is 8.70. The average molecular weight is 242 g/mol. The Bertz CT molecular complexity index is 544. The van der Waals surface area contributed by atoms with E-state index in [1.165, 1.54) is 6.92 Å². The van der Waals surface area contributed by atoms with E-state index in [2.05, 4.69) is 0 Å². The van der Waals surface area contributed by atoms with Crippen LogP contribution in [0.5, 0.6) is 17.2 Å². The van der Waals surface area contributed by atoms with E-state index in [9.17, 15) is 4.79 Å². The van der Waals surface area contributed by atoms with E-state index in [-0.39, 0.29) is 5.78 Å². The summed E-state index contributed by atoms with van der Waals surface area (Å²) in [5.41, 5.74) is 0.577. The van der Waals surface area contributed by atoms with Gasteiger partial charge in [-0.1, -0.05) is 12.1 Å². The van der Waals surface area contributed by atoms with E-state index >= 15 is 0 Å². The molecule has 0 aliphatic heterocycles. The molecule has 18 heavy (non-hydrogen) atoms. The Hall–Kier alpha value is -2.29. The lowest BCUT2D eigenvalue weighted by atomic mass is 10.1. The van der Waals surface area contributed by atoms with Gasteiger partial charge in [0.15, 0.2) is 5.78 Å². The first-order valence-electron chi connectivity index (χ1n) is 5.62. The molecule has 2 rings (SSSR count). The monoisotopic (exact) mass is 242 g/mol. The molecule has 0 aliphatic carbocycles. The van der Waals surface area contributed by atoms with Crippen LogP contribution in [0.1, 0.15) is 17.3 Å². The zero-order valence-electron chi connectivity index (χ0n) is 10.3. The first-order valence-corrected chi connectivity index (χ1v) is 5.62. The molecule has 0 N–H and O–H groups in total. The van der Waals surface area contributed by atoms with Crippen molar-refractivity contribution in [3.8, 4) is 17.2 Å². The van der Waals surface area contributed by atoms with Gasteiger partial charge in [0.1, 0.15) is 17.2 Å². The molecule has 0 bridgehead atoms. The Morgan fingerprint density at radius 3 is 2.17 bits per heavy atom. The molecular formula is C15H14O3. The molecule has 0 radical (unpaired) electrons. The third-order valence-electron chi connectivity index (χ3n) is 2.55. The Kier molecular flexibility index (Phi) is 3.63. The second-order valence-electron chi connectivity index (χ2n) is 3.83. The van der Waals surface area contributed by atoms with Gasteiger partial charge in [0.05, 0.1) is 12.7 Å². The number of ether oxygens (including phenoxy) is 2. The normalized spacial score (nSPS) is 9.89. The SMILES string of the molecule is COc1ccc(Oc2ccccc2C(C)=O)cc1. The lowest BCUT2D eigenvalue weighted by molar-refractivity contribution is 0.101. The van der Waals surface area contributed by atoms with Gasteiger partial charge in [0.25, 0.3) is 0 Å². The number of carbonyl (C=O) groups is 1. The van der Waals surface area contributed by atoms with E-state index in [0.29, 0.717) is 17.1 Å². The van der Waals surface area contributed by atoms with Crippen LogP contribution in [0.15, 0.2) is 48.5 Å². The van der Waals surface area contributed by atoms with E-state index < -0.39 is 0 Å². The zero-order chi connectivity index (χ0) is 13.0. The second kappa shape index (κ2) is 5.36. The number of benzene rings is 2. The van der Waals surface area contributed by atoms with Crippen LogP contribution in [0.4, 0.5) is 0 Å². The Morgan fingerprint density at radius 2 is 1.56 bits per heavy atom. The standard InChI is InChI=1S/C15H14O3/c1-11(16)14-5-3-4-6-15(14)18-13-9-7-12(17-2)8-10-13/h3-10H,1-2H3. The highest BCUT2D eigenvalue weighted by molar-refractivity contribution is 5.96. The van der Waals surface area contributed by atoms with Crippen LogP contribution < -0.4 is 9.47 Å². The molecule has 92 valence electrons. The summed E-state index contributed by atoms with van der Waals surface area (Å²) in [6.07, 6.45) is 0. The van der Waals surface area contributed by atoms with Gasteiger partial charge in [-0.05, 0) is 43.3 Å². The van der Waals surface area contributed by atoms with Crippen molar-refractivity contribution in [3.63, 3.8) is 0 Å². The van der Waals surface area contributed by atoms with Crippen LogP contribution in [0.3, 0.4) is 0 Å². The summed E-state index contributed by atoms with van der Waals surface area (Å²) in [4.78, 5) is 11.5. The summed E-state index contributed by atoms with van der Waals surface area (Å²) in [7, 11) is 1.61. The molecule has 0 heterocycles. The predicted molar refractivity (Wildman–Crippen MR) is 69.5 cm³/mol. The van der Waals surface area contributed by atoms with Crippen molar-refractivity contribution in [1.82, 2.24) is 0 Å². The number of rotatable bonds is 4. The highest BCUT2D eigenvalue weighted by Gasteiger charge is 2.08. The molecule has 3 nitrogen and oxygen atoms in total. The predicted octanol–water partition coefficient (Wildman–Crippen LogP) is 3.69. The topological polar surface area (TPSA) is 35.5 Å². The summed E-state index contributed by atoms with van der Waals surface area (Å²) >= 11 is 0. The Balaban J connectivity index is 2.25. The highest BCUT2D eigenvalue weighted by atomic mass is 16.5. The van der Waals surface area contributed by atoms with Gasteiger partial charge in [-0.25, -0.2) is 0 Å². The number of para-hydroxylation sites is 1. The third-order valence-corrected chi connectivity index (χ3v) is 2.55. The van der Waals surface area contributed by atoms with E-state index in [4.69, 9.17) is 9.47 Å². The fraction of sp³-hybridized carbons (Fsp3) is 0.133. The van der Waals surface area contributed by atoms with E-state index in [1.54, 1.807) is 31.4 Å². The van der Waals surface area contributed by atoms with Gasteiger partial charge in [0, 0.05) is 0 Å². The van der Waals surface area contributed by atoms with Crippen molar-refractivity contribution >= 4 is 5.78 Å². The summed E-state index contributed by atoms with van der Waals surface area (Å²) in [5.74, 6) is 1.99. The van der Waals surface area contributed by atoms with Gasteiger partial charge in [-0.2, -0.15) is 0 Å². The average Bonchev–Trinajstić information content (AvgIpc) is 2.40. The third kappa shape index (κ3) is 2.69. The molecule has 0 amide bonds. The Morgan fingerprint density at radius 1 is 0.944 bits per heavy atom. The minimum Gasteiger partial charge on any atom is -0.497 e. The molecule has 3 heteroatoms. The van der Waals surface area contributed by atoms with Crippen LogP contribution in [0.2, 0.25) is 0 Å². The molecule has 0 spiro atoms. The molecule has 0 aliphatic rings. The van der Waals surface area contributed by atoms with Gasteiger partial charge in [-0.15, -0.1) is 0 Å². The van der Waals surface area contributed by atoms with Gasteiger partial charge < -0.3 is 9.47 Å². The molecule has 0 aromatic heterocycles. The van der Waals surface area contributed by atoms with Crippen molar-refractivity contribution in [2.45, 2.75) is 6.92 Å². The fourth-order valence-corrected chi connectivity index (χ4v) is 1.62. The van der Waals surface area contributed by atoms with E-state index in [0.717, 1.165) is 5.75 Å². The minimum atomic E-state index is -0.0147. The van der Waals surface area contributed by atoms with Crippen molar-refractivity contribution < 1.29 is 14.3 Å². The summed E-state index contributed by atoms with van der Waals surface area (Å²) in [6, 6.07) is 14.4. The summed E-state index contributed by atoms with van der Waals surface area (Å²) in [6.45, 7) is 1.52. The summed E-state index contributed by atoms with van der Waals surface area (Å²) < 4.78 is 10.8. The highest BCUT2D eigenvalue weighted by Crippen LogP contribution is 2.26. The molecule has 2 aromatic carbocycles. The van der Waals surface area contributed by atoms with Crippen LogP contribution in [0, 0.1) is 0 Å². The molecule has 0 saturated heterocycles. The number of ketones is 1. The van der Waals surface area contributed by atoms with Gasteiger partial charge >= 0.3 is 0 Å². The number of methoxy groups -OCH3 is 1. The van der Waals surface area contributed by atoms with Crippen molar-refractivity contribution in [2.24, 2.45) is 0 Å². The van der Waals surface area contributed by atoms with Gasteiger partial charge in [0.2, 0.25) is 0 Å². The lowest BCUT2D eigenvalue weighted by Gasteiger charge is -2.09. The van der Waals surface area contributed by atoms with Crippen LogP contribution in [-0.2, 0) is 0 Å². The van der Waals surface area contributed by atoms with Crippen LogP contribution in [-0.4, -0.2) is 12.9 Å². The van der Waals surface area contributed by atoms with Gasteiger partial charge in [-0.3, -0.25) is 4.79 Å². The molecule has 0 unspecified atom stereocenters. The van der Waals surface area contributed by atoms with E-state index in [1.807, 2.05) is 24.3 Å². The maximum Gasteiger partial charge on any atom is 0.163 e. The first kappa shape index (κ1) is 12.2. The number of carbonyl (C=O) groups excluding carboxylic acids is 1. The maximum absolute atomic E-state index is 11.5. The maximum atomic E-state index is 11.5. The van der Waals surface area contributed by atoms with Crippen LogP contribution in [0.25, 0.3) is 0 Å². The number of Topliss-reactive ketones (excluding diaryl/α,β-unsaturated/α-hetero) is 1. The minimum absolute atomic E-state index is 0.0147. The van der Waals surface area contributed by atoms with Crippen LogP contribution >= 0.6 is 0 Å². The largest absolute Gasteiger partial charge is 0.497 e. The molecule has 0 fully saturated rings. The number of hydrogen-bond donors (Lipinski definition) is 0. The van der Waals surface area contributed by atoms with Crippen molar-refractivity contribution in [3.05, 3.63) is 54.1 Å². The number of hydrogen-bond acceptors (Lipinski definition) is 3. The lowest BCUT2D eigenvalue weighted by Crippen LogP contribution is -1.96. The van der Waals surface area contributed by atoms with Crippen molar-refractivity contribution in [1.29, 1.82) is 0 Å². The van der Waals surface area contributed by atoms with Crippen molar-refractivity contribution in [2.75, 3.05) is 7.11 Å². The molecule has 2 aromatic rings. The fourth-order valence-electron chi connectivity index (χ4n) is 1.62. The second-order valence-corrected chi connectivity index (χ2v) is 3.83. The zero-order valence-corrected chi connectivity index (χ0v) is 10.3. The molecular weight excluding hydrogens is 228 g/mol. The quantitative estimate of drug-likeness (QED) is 0.767. The molecule has 0 saturated carbocycles. The molecule has 0 atom stereocenters. The Labute approximate surface area is 106 Å².